The van der Waals surface area contributed by atoms with Crippen molar-refractivity contribution < 1.29 is 0 Å². The van der Waals surface area contributed by atoms with Crippen LogP contribution in [0.15, 0.2) is 10.8 Å². The van der Waals surface area contributed by atoms with Gasteiger partial charge in [0.15, 0.2) is 0 Å². The van der Waals surface area contributed by atoms with Crippen LogP contribution in [0.5, 0.6) is 0 Å². The van der Waals surface area contributed by atoms with E-state index in [1.807, 2.05) is 0 Å². The molecule has 0 amide bonds. The predicted octanol–water partition coefficient (Wildman–Crippen LogP) is 2.42. The summed E-state index contributed by atoms with van der Waals surface area (Å²) in [6, 6.07) is 0. The van der Waals surface area contributed by atoms with Crippen LogP contribution in [0.25, 0.3) is 0 Å². The van der Waals surface area contributed by atoms with Crippen molar-refractivity contribution in [2.75, 3.05) is 6.54 Å². The molecule has 0 radical (unpaired) electrons. The lowest BCUT2D eigenvalue weighted by Gasteiger charge is -2.38. The number of thiophene rings is 1. The summed E-state index contributed by atoms with van der Waals surface area (Å²) >= 11 is 1.78. The van der Waals surface area contributed by atoms with Gasteiger partial charge in [0.1, 0.15) is 0 Å². The molecule has 1 fully saturated rings. The highest BCUT2D eigenvalue weighted by atomic mass is 32.1. The number of rotatable bonds is 5. The summed E-state index contributed by atoms with van der Waals surface area (Å²) in [7, 11) is 0. The Morgan fingerprint density at radius 1 is 1.47 bits per heavy atom. The molecule has 0 spiro atoms. The lowest BCUT2D eigenvalue weighted by atomic mass is 9.75. The summed E-state index contributed by atoms with van der Waals surface area (Å²) in [5.74, 6) is 0. The molecular formula is C12H20N2S. The summed E-state index contributed by atoms with van der Waals surface area (Å²) in [5.41, 5.74) is 9.15. The third-order valence-corrected chi connectivity index (χ3v) is 4.34. The van der Waals surface area contributed by atoms with Gasteiger partial charge in [-0.3, -0.25) is 0 Å². The smallest absolute Gasteiger partial charge is 0.0216 e. The van der Waals surface area contributed by atoms with E-state index in [0.717, 1.165) is 19.5 Å². The van der Waals surface area contributed by atoms with Crippen molar-refractivity contribution in [3.05, 3.63) is 21.9 Å². The largest absolute Gasteiger partial charge is 0.325 e. The normalized spacial score (nSPS) is 18.8. The molecule has 3 heteroatoms. The molecule has 0 aliphatic heterocycles. The molecule has 0 unspecified atom stereocenters. The molecule has 84 valence electrons. The zero-order chi connectivity index (χ0) is 10.7. The molecule has 1 saturated carbocycles. The molecule has 1 aromatic heterocycles. The van der Waals surface area contributed by atoms with Gasteiger partial charge in [0, 0.05) is 12.1 Å². The number of aryl methyl sites for hydroxylation is 1. The maximum absolute atomic E-state index is 6.15. The number of hydrogen-bond donors (Lipinski definition) is 2. The van der Waals surface area contributed by atoms with E-state index in [-0.39, 0.29) is 5.54 Å². The topological polar surface area (TPSA) is 38.0 Å². The van der Waals surface area contributed by atoms with E-state index in [2.05, 4.69) is 23.0 Å². The molecule has 15 heavy (non-hydrogen) atoms. The highest BCUT2D eigenvalue weighted by Crippen LogP contribution is 2.31. The third kappa shape index (κ3) is 2.80. The fourth-order valence-electron chi connectivity index (χ4n) is 2.01. The van der Waals surface area contributed by atoms with E-state index < -0.39 is 0 Å². The zero-order valence-corrected chi connectivity index (χ0v) is 10.2. The SMILES string of the molecule is Cc1cscc1CNCCC1(N)CCC1. The van der Waals surface area contributed by atoms with Gasteiger partial charge in [-0.25, -0.2) is 0 Å². The average Bonchev–Trinajstić information content (AvgIpc) is 2.56. The van der Waals surface area contributed by atoms with Gasteiger partial charge in [0.2, 0.25) is 0 Å². The van der Waals surface area contributed by atoms with Crippen LogP contribution < -0.4 is 11.1 Å². The maximum Gasteiger partial charge on any atom is 0.0216 e. The van der Waals surface area contributed by atoms with Crippen LogP contribution in [-0.2, 0) is 6.54 Å². The third-order valence-electron chi connectivity index (χ3n) is 3.43. The molecule has 1 aromatic rings. The lowest BCUT2D eigenvalue weighted by Crippen LogP contribution is -2.48. The van der Waals surface area contributed by atoms with E-state index in [4.69, 9.17) is 5.73 Å². The number of hydrogen-bond acceptors (Lipinski definition) is 3. The summed E-state index contributed by atoms with van der Waals surface area (Å²) in [6.07, 6.45) is 4.87. The molecule has 0 bridgehead atoms. The summed E-state index contributed by atoms with van der Waals surface area (Å²) in [4.78, 5) is 0. The molecule has 0 saturated heterocycles. The van der Waals surface area contributed by atoms with E-state index in [0.29, 0.717) is 0 Å². The van der Waals surface area contributed by atoms with Crippen molar-refractivity contribution >= 4 is 11.3 Å². The monoisotopic (exact) mass is 224 g/mol. The zero-order valence-electron chi connectivity index (χ0n) is 9.38. The molecule has 0 atom stereocenters. The Kier molecular flexibility index (Phi) is 3.44. The Balaban J connectivity index is 1.65. The standard InChI is InChI=1S/C12H20N2S/c1-10-8-15-9-11(10)7-14-6-5-12(13)3-2-4-12/h8-9,14H,2-7,13H2,1H3. The van der Waals surface area contributed by atoms with Gasteiger partial charge >= 0.3 is 0 Å². The minimum atomic E-state index is 0.163. The molecular weight excluding hydrogens is 204 g/mol. The molecule has 2 rings (SSSR count). The minimum absolute atomic E-state index is 0.163. The Bertz CT molecular complexity index is 315. The van der Waals surface area contributed by atoms with Crippen LogP contribution in [0, 0.1) is 6.92 Å². The Hall–Kier alpha value is -0.380. The fourth-order valence-corrected chi connectivity index (χ4v) is 2.87. The maximum atomic E-state index is 6.15. The highest BCUT2D eigenvalue weighted by Gasteiger charge is 2.31. The van der Waals surface area contributed by atoms with Crippen LogP contribution in [0.3, 0.4) is 0 Å². The Morgan fingerprint density at radius 2 is 2.27 bits per heavy atom. The van der Waals surface area contributed by atoms with Crippen molar-refractivity contribution in [3.8, 4) is 0 Å². The van der Waals surface area contributed by atoms with Crippen molar-refractivity contribution in [2.45, 2.75) is 44.7 Å². The first kappa shape index (κ1) is 11.1. The molecule has 0 aromatic carbocycles. The second kappa shape index (κ2) is 4.64. The highest BCUT2D eigenvalue weighted by molar-refractivity contribution is 7.08. The second-order valence-electron chi connectivity index (χ2n) is 4.72. The van der Waals surface area contributed by atoms with Gasteiger partial charge in [-0.15, -0.1) is 0 Å². The summed E-state index contributed by atoms with van der Waals surface area (Å²) < 4.78 is 0. The van der Waals surface area contributed by atoms with Crippen LogP contribution in [0.4, 0.5) is 0 Å². The Labute approximate surface area is 95.9 Å². The molecule has 1 heterocycles. The van der Waals surface area contributed by atoms with Crippen LogP contribution in [0.1, 0.15) is 36.8 Å². The van der Waals surface area contributed by atoms with Gasteiger partial charge in [0.05, 0.1) is 0 Å². The van der Waals surface area contributed by atoms with E-state index >= 15 is 0 Å². The van der Waals surface area contributed by atoms with Crippen molar-refractivity contribution in [1.82, 2.24) is 5.32 Å². The molecule has 3 N–H and O–H groups in total. The summed E-state index contributed by atoms with van der Waals surface area (Å²) in [6.45, 7) is 4.21. The lowest BCUT2D eigenvalue weighted by molar-refractivity contribution is 0.229. The van der Waals surface area contributed by atoms with Crippen molar-refractivity contribution in [2.24, 2.45) is 5.73 Å². The van der Waals surface area contributed by atoms with E-state index in [1.54, 1.807) is 11.3 Å². The number of nitrogens with two attached hydrogens (primary N) is 1. The first-order chi connectivity index (χ1) is 7.20. The fraction of sp³-hybridized carbons (Fsp3) is 0.667. The van der Waals surface area contributed by atoms with Gasteiger partial charge in [0.25, 0.3) is 0 Å². The molecule has 1 aliphatic rings. The van der Waals surface area contributed by atoms with E-state index in [9.17, 15) is 0 Å². The first-order valence-electron chi connectivity index (χ1n) is 5.71. The predicted molar refractivity (Wildman–Crippen MR) is 66.1 cm³/mol. The van der Waals surface area contributed by atoms with Crippen LogP contribution >= 0.6 is 11.3 Å². The van der Waals surface area contributed by atoms with Gasteiger partial charge in [-0.1, -0.05) is 0 Å². The Morgan fingerprint density at radius 3 is 2.80 bits per heavy atom. The molecule has 1 aliphatic carbocycles. The minimum Gasteiger partial charge on any atom is -0.325 e. The van der Waals surface area contributed by atoms with Crippen LogP contribution in [-0.4, -0.2) is 12.1 Å². The summed E-state index contributed by atoms with van der Waals surface area (Å²) in [5, 5.41) is 7.91. The first-order valence-corrected chi connectivity index (χ1v) is 6.65. The second-order valence-corrected chi connectivity index (χ2v) is 5.47. The van der Waals surface area contributed by atoms with Gasteiger partial charge in [-0.05, 0) is 61.0 Å². The quantitative estimate of drug-likeness (QED) is 0.754. The van der Waals surface area contributed by atoms with Gasteiger partial charge in [-0.2, -0.15) is 11.3 Å². The average molecular weight is 224 g/mol. The van der Waals surface area contributed by atoms with Crippen molar-refractivity contribution in [3.63, 3.8) is 0 Å². The number of nitrogens with one attached hydrogen (secondary N) is 1. The molecule has 2 nitrogen and oxygen atoms in total. The van der Waals surface area contributed by atoms with Gasteiger partial charge < -0.3 is 11.1 Å². The van der Waals surface area contributed by atoms with Crippen molar-refractivity contribution in [1.29, 1.82) is 0 Å². The van der Waals surface area contributed by atoms with E-state index in [1.165, 1.54) is 30.4 Å². The van der Waals surface area contributed by atoms with Crippen LogP contribution in [0.2, 0.25) is 0 Å².